The molecule has 0 unspecified atom stereocenters. The number of benzene rings is 2. The first kappa shape index (κ1) is 21.1. The first-order valence-electron chi connectivity index (χ1n) is 8.31. The minimum atomic E-state index is -0.671. The van der Waals surface area contributed by atoms with Gasteiger partial charge in [-0.05, 0) is 42.5 Å². The van der Waals surface area contributed by atoms with Crippen molar-refractivity contribution in [3.05, 3.63) is 74.5 Å². The van der Waals surface area contributed by atoms with Gasteiger partial charge in [0.15, 0.2) is 0 Å². The van der Waals surface area contributed by atoms with Crippen LogP contribution >= 0.6 is 23.2 Å². The molecular formula is C18H14Cl2N6O4. The number of ether oxygens (including phenoxy) is 1. The van der Waals surface area contributed by atoms with Crippen LogP contribution in [0.1, 0.15) is 10.4 Å². The third-order valence-electron chi connectivity index (χ3n) is 3.83. The Balaban J connectivity index is 1.81. The van der Waals surface area contributed by atoms with Gasteiger partial charge in [-0.2, -0.15) is 0 Å². The maximum atomic E-state index is 12.3. The van der Waals surface area contributed by atoms with Gasteiger partial charge in [-0.3, -0.25) is 25.8 Å². The van der Waals surface area contributed by atoms with E-state index in [1.807, 2.05) is 0 Å². The summed E-state index contributed by atoms with van der Waals surface area (Å²) < 4.78 is 5.08. The van der Waals surface area contributed by atoms with E-state index in [0.717, 1.165) is 6.33 Å². The molecule has 0 aliphatic carbocycles. The summed E-state index contributed by atoms with van der Waals surface area (Å²) in [7, 11) is 1.53. The van der Waals surface area contributed by atoms with Crippen molar-refractivity contribution in [3.63, 3.8) is 0 Å². The molecule has 0 aliphatic rings. The van der Waals surface area contributed by atoms with Crippen LogP contribution in [0.3, 0.4) is 0 Å². The normalized spacial score (nSPS) is 10.2. The number of nitrogens with one attached hydrogen (secondary N) is 3. The standard InChI is InChI=1S/C18H14Cl2N6O4/c1-30-12-5-3-11(4-6-12)23-16-15(26(28)29)17(22-9-21-16)24-25-18(27)13-7-2-10(19)8-14(13)20/h2-9H,1H3,(H,25,27)(H2,21,22,23,24). The SMILES string of the molecule is COc1ccc(Nc2ncnc(NNC(=O)c3ccc(Cl)cc3Cl)c2[N+](=O)[O-])cc1. The Hall–Kier alpha value is -3.63. The fourth-order valence-electron chi connectivity index (χ4n) is 2.40. The highest BCUT2D eigenvalue weighted by Crippen LogP contribution is 2.31. The van der Waals surface area contributed by atoms with E-state index in [1.54, 1.807) is 24.3 Å². The first-order valence-corrected chi connectivity index (χ1v) is 9.06. The lowest BCUT2D eigenvalue weighted by molar-refractivity contribution is -0.383. The van der Waals surface area contributed by atoms with Crippen molar-refractivity contribution in [2.75, 3.05) is 17.9 Å². The van der Waals surface area contributed by atoms with E-state index in [1.165, 1.54) is 25.3 Å². The summed E-state index contributed by atoms with van der Waals surface area (Å²) in [4.78, 5) is 31.0. The lowest BCUT2D eigenvalue weighted by Gasteiger charge is -2.11. The number of hydrazine groups is 1. The molecule has 30 heavy (non-hydrogen) atoms. The van der Waals surface area contributed by atoms with Crippen LogP contribution in [0.15, 0.2) is 48.8 Å². The molecule has 12 heteroatoms. The van der Waals surface area contributed by atoms with Crippen molar-refractivity contribution in [2.45, 2.75) is 0 Å². The third kappa shape index (κ3) is 4.85. The van der Waals surface area contributed by atoms with Gasteiger partial charge in [0.2, 0.25) is 11.6 Å². The largest absolute Gasteiger partial charge is 0.497 e. The molecule has 1 heterocycles. The number of halogens is 2. The van der Waals surface area contributed by atoms with Crippen molar-refractivity contribution in [2.24, 2.45) is 0 Å². The number of carbonyl (C=O) groups excluding carboxylic acids is 1. The first-order chi connectivity index (χ1) is 14.4. The monoisotopic (exact) mass is 448 g/mol. The quantitative estimate of drug-likeness (QED) is 0.361. The topological polar surface area (TPSA) is 131 Å². The summed E-state index contributed by atoms with van der Waals surface area (Å²) in [6.45, 7) is 0. The Labute approximate surface area is 180 Å². The number of methoxy groups -OCH3 is 1. The van der Waals surface area contributed by atoms with E-state index < -0.39 is 16.5 Å². The Morgan fingerprint density at radius 1 is 1.10 bits per heavy atom. The highest BCUT2D eigenvalue weighted by atomic mass is 35.5. The molecule has 10 nitrogen and oxygen atoms in total. The molecule has 3 N–H and O–H groups in total. The van der Waals surface area contributed by atoms with E-state index >= 15 is 0 Å². The molecule has 1 aromatic heterocycles. The zero-order valence-corrected chi connectivity index (χ0v) is 16.9. The van der Waals surface area contributed by atoms with Crippen molar-refractivity contribution in [3.8, 4) is 5.75 Å². The number of amides is 1. The van der Waals surface area contributed by atoms with Crippen LogP contribution < -0.4 is 20.9 Å². The van der Waals surface area contributed by atoms with Gasteiger partial charge in [0.05, 0.1) is 22.6 Å². The number of nitrogens with zero attached hydrogens (tertiary/aromatic N) is 3. The average Bonchev–Trinajstić information content (AvgIpc) is 2.72. The van der Waals surface area contributed by atoms with Gasteiger partial charge in [-0.1, -0.05) is 23.2 Å². The Morgan fingerprint density at radius 2 is 1.80 bits per heavy atom. The van der Waals surface area contributed by atoms with Crippen molar-refractivity contribution in [1.82, 2.24) is 15.4 Å². The minimum Gasteiger partial charge on any atom is -0.497 e. The van der Waals surface area contributed by atoms with Crippen LogP contribution in [0.4, 0.5) is 23.0 Å². The summed E-state index contributed by atoms with van der Waals surface area (Å²) in [6, 6.07) is 11.0. The van der Waals surface area contributed by atoms with Crippen LogP contribution in [-0.2, 0) is 0 Å². The number of rotatable bonds is 7. The zero-order chi connectivity index (χ0) is 21.7. The van der Waals surface area contributed by atoms with Crippen LogP contribution in [0.25, 0.3) is 0 Å². The second-order valence-corrected chi connectivity index (χ2v) is 6.58. The Bertz CT molecular complexity index is 1090. The minimum absolute atomic E-state index is 0.0681. The smallest absolute Gasteiger partial charge is 0.355 e. The molecule has 3 aromatic rings. The summed E-state index contributed by atoms with van der Waals surface area (Å²) in [5.74, 6) is -0.288. The van der Waals surface area contributed by atoms with Crippen LogP contribution in [0.2, 0.25) is 10.0 Å². The molecule has 0 fully saturated rings. The Morgan fingerprint density at radius 3 is 2.43 bits per heavy atom. The third-order valence-corrected chi connectivity index (χ3v) is 4.38. The lowest BCUT2D eigenvalue weighted by atomic mass is 10.2. The number of carbonyl (C=O) groups is 1. The molecule has 3 rings (SSSR count). The highest BCUT2D eigenvalue weighted by Gasteiger charge is 2.24. The summed E-state index contributed by atoms with van der Waals surface area (Å²) >= 11 is 11.8. The van der Waals surface area contributed by atoms with Crippen molar-refractivity contribution >= 4 is 52.1 Å². The summed E-state index contributed by atoms with van der Waals surface area (Å²) in [5, 5.41) is 15.0. The molecule has 0 saturated carbocycles. The van der Waals surface area contributed by atoms with Crippen LogP contribution in [0.5, 0.6) is 5.75 Å². The van der Waals surface area contributed by atoms with Crippen LogP contribution in [0, 0.1) is 10.1 Å². The maximum absolute atomic E-state index is 12.3. The van der Waals surface area contributed by atoms with Gasteiger partial charge in [-0.25, -0.2) is 9.97 Å². The van der Waals surface area contributed by atoms with E-state index in [0.29, 0.717) is 16.5 Å². The molecule has 0 bridgehead atoms. The predicted octanol–water partition coefficient (Wildman–Crippen LogP) is 4.20. The molecule has 0 saturated heterocycles. The Kier molecular flexibility index (Phi) is 6.50. The molecule has 2 aromatic carbocycles. The van der Waals surface area contributed by atoms with Gasteiger partial charge < -0.3 is 10.1 Å². The number of aromatic nitrogens is 2. The number of nitro groups is 1. The lowest BCUT2D eigenvalue weighted by Crippen LogP contribution is -2.30. The average molecular weight is 449 g/mol. The molecule has 1 amide bonds. The fraction of sp³-hybridized carbons (Fsp3) is 0.0556. The fourth-order valence-corrected chi connectivity index (χ4v) is 2.90. The maximum Gasteiger partial charge on any atom is 0.355 e. The zero-order valence-electron chi connectivity index (χ0n) is 15.3. The predicted molar refractivity (Wildman–Crippen MR) is 113 cm³/mol. The second-order valence-electron chi connectivity index (χ2n) is 5.73. The number of hydrogen-bond acceptors (Lipinski definition) is 8. The van der Waals surface area contributed by atoms with Gasteiger partial charge in [0, 0.05) is 10.7 Å². The van der Waals surface area contributed by atoms with E-state index in [4.69, 9.17) is 27.9 Å². The van der Waals surface area contributed by atoms with E-state index in [-0.39, 0.29) is 22.2 Å². The van der Waals surface area contributed by atoms with Gasteiger partial charge in [0.25, 0.3) is 5.91 Å². The molecule has 0 spiro atoms. The van der Waals surface area contributed by atoms with Gasteiger partial charge in [0.1, 0.15) is 12.1 Å². The molecule has 0 atom stereocenters. The molecule has 154 valence electrons. The molecule has 0 radical (unpaired) electrons. The molecular weight excluding hydrogens is 435 g/mol. The van der Waals surface area contributed by atoms with Crippen molar-refractivity contribution < 1.29 is 14.5 Å². The second kappa shape index (κ2) is 9.25. The van der Waals surface area contributed by atoms with Gasteiger partial charge in [-0.15, -0.1) is 0 Å². The highest BCUT2D eigenvalue weighted by molar-refractivity contribution is 6.36. The van der Waals surface area contributed by atoms with Crippen molar-refractivity contribution in [1.29, 1.82) is 0 Å². The van der Waals surface area contributed by atoms with Gasteiger partial charge >= 0.3 is 5.69 Å². The summed E-state index contributed by atoms with van der Waals surface area (Å²) in [5.41, 5.74) is 4.96. The van der Waals surface area contributed by atoms with Crippen LogP contribution in [-0.4, -0.2) is 27.9 Å². The summed E-state index contributed by atoms with van der Waals surface area (Å²) in [6.07, 6.45) is 1.11. The van der Waals surface area contributed by atoms with E-state index in [2.05, 4.69) is 26.1 Å². The van der Waals surface area contributed by atoms with E-state index in [9.17, 15) is 14.9 Å². The number of anilines is 3. The molecule has 0 aliphatic heterocycles. The number of hydrogen-bond donors (Lipinski definition) is 3.